The van der Waals surface area contributed by atoms with Crippen LogP contribution < -0.4 is 15.4 Å². The van der Waals surface area contributed by atoms with Gasteiger partial charge in [0.05, 0.1) is 19.3 Å². The maximum absolute atomic E-state index is 11.8. The van der Waals surface area contributed by atoms with Gasteiger partial charge in [-0.1, -0.05) is 12.1 Å². The highest BCUT2D eigenvalue weighted by atomic mass is 16.5. The number of nitrogens with zero attached hydrogens (tertiary/aromatic N) is 2. The number of benzene rings is 1. The summed E-state index contributed by atoms with van der Waals surface area (Å²) in [5.74, 6) is 1.14. The van der Waals surface area contributed by atoms with E-state index in [2.05, 4.69) is 15.7 Å². The van der Waals surface area contributed by atoms with Crippen LogP contribution in [0.2, 0.25) is 0 Å². The molecule has 0 unspecified atom stereocenters. The van der Waals surface area contributed by atoms with E-state index in [-0.39, 0.29) is 12.5 Å². The largest absolute Gasteiger partial charge is 0.495 e. The van der Waals surface area contributed by atoms with Gasteiger partial charge in [0.15, 0.2) is 0 Å². The van der Waals surface area contributed by atoms with Gasteiger partial charge in [0.1, 0.15) is 11.6 Å². The number of ether oxygens (including phenoxy) is 1. The van der Waals surface area contributed by atoms with Crippen molar-refractivity contribution in [3.05, 3.63) is 36.5 Å². The van der Waals surface area contributed by atoms with Crippen LogP contribution in [0, 0.1) is 0 Å². The summed E-state index contributed by atoms with van der Waals surface area (Å²) in [4.78, 5) is 11.8. The summed E-state index contributed by atoms with van der Waals surface area (Å²) < 4.78 is 6.83. The van der Waals surface area contributed by atoms with Crippen LogP contribution >= 0.6 is 0 Å². The maximum Gasteiger partial charge on any atom is 0.243 e. The Bertz CT molecular complexity index is 565. The molecule has 0 aliphatic heterocycles. The number of aryl methyl sites for hydroxylation is 1. The lowest BCUT2D eigenvalue weighted by molar-refractivity contribution is -0.114. The van der Waals surface area contributed by atoms with Crippen molar-refractivity contribution in [1.29, 1.82) is 0 Å². The van der Waals surface area contributed by atoms with Crippen LogP contribution in [0.3, 0.4) is 0 Å². The minimum atomic E-state index is -0.157. The maximum atomic E-state index is 11.8. The first-order valence-electron chi connectivity index (χ1n) is 5.85. The fourth-order valence-corrected chi connectivity index (χ4v) is 1.62. The molecular weight excluding hydrogens is 244 g/mol. The van der Waals surface area contributed by atoms with E-state index in [1.807, 2.05) is 19.2 Å². The summed E-state index contributed by atoms with van der Waals surface area (Å²) >= 11 is 0. The number of nitrogens with one attached hydrogen (secondary N) is 2. The average Bonchev–Trinajstić information content (AvgIpc) is 2.83. The molecule has 0 fully saturated rings. The number of para-hydroxylation sites is 2. The van der Waals surface area contributed by atoms with Crippen LogP contribution in [-0.2, 0) is 11.8 Å². The highest BCUT2D eigenvalue weighted by molar-refractivity contribution is 5.94. The molecule has 1 aromatic carbocycles. The molecule has 100 valence electrons. The molecule has 1 aromatic heterocycles. The average molecular weight is 260 g/mol. The van der Waals surface area contributed by atoms with Crippen LogP contribution in [0.15, 0.2) is 36.5 Å². The number of aromatic nitrogens is 2. The minimum absolute atomic E-state index is 0.148. The van der Waals surface area contributed by atoms with Crippen LogP contribution in [0.1, 0.15) is 0 Å². The predicted octanol–water partition coefficient (Wildman–Crippen LogP) is 1.48. The van der Waals surface area contributed by atoms with E-state index < -0.39 is 0 Å². The third-order valence-electron chi connectivity index (χ3n) is 2.52. The molecule has 0 bridgehead atoms. The number of amides is 1. The van der Waals surface area contributed by atoms with Gasteiger partial charge in [-0.05, 0) is 12.1 Å². The Hall–Kier alpha value is -2.50. The summed E-state index contributed by atoms with van der Waals surface area (Å²) in [6, 6.07) is 9.07. The number of hydrogen-bond acceptors (Lipinski definition) is 4. The van der Waals surface area contributed by atoms with Crippen molar-refractivity contribution < 1.29 is 9.53 Å². The summed E-state index contributed by atoms with van der Waals surface area (Å²) in [6.45, 7) is 0.148. The second-order valence-electron chi connectivity index (χ2n) is 3.98. The first kappa shape index (κ1) is 12.9. The van der Waals surface area contributed by atoms with E-state index in [0.29, 0.717) is 17.3 Å². The third-order valence-corrected chi connectivity index (χ3v) is 2.52. The quantitative estimate of drug-likeness (QED) is 0.854. The first-order valence-corrected chi connectivity index (χ1v) is 5.85. The summed E-state index contributed by atoms with van der Waals surface area (Å²) in [5, 5.41) is 9.84. The Balaban J connectivity index is 1.90. The van der Waals surface area contributed by atoms with Gasteiger partial charge in [-0.15, -0.1) is 0 Å². The van der Waals surface area contributed by atoms with Crippen molar-refractivity contribution in [2.75, 3.05) is 24.3 Å². The Morgan fingerprint density at radius 3 is 2.84 bits per heavy atom. The predicted molar refractivity (Wildman–Crippen MR) is 73.3 cm³/mol. The number of hydrogen-bond donors (Lipinski definition) is 2. The molecule has 2 aromatic rings. The summed E-state index contributed by atoms with van der Waals surface area (Å²) in [7, 11) is 3.39. The van der Waals surface area contributed by atoms with Crippen molar-refractivity contribution >= 4 is 17.4 Å². The van der Waals surface area contributed by atoms with Crippen LogP contribution in [0.25, 0.3) is 0 Å². The van der Waals surface area contributed by atoms with Gasteiger partial charge >= 0.3 is 0 Å². The van der Waals surface area contributed by atoms with E-state index in [9.17, 15) is 4.79 Å². The second kappa shape index (κ2) is 5.90. The number of carbonyl (C=O) groups excluding carboxylic acids is 1. The van der Waals surface area contributed by atoms with Gasteiger partial charge in [0.25, 0.3) is 0 Å². The summed E-state index contributed by atoms with van der Waals surface area (Å²) in [5.41, 5.74) is 0.651. The Labute approximate surface area is 111 Å². The van der Waals surface area contributed by atoms with E-state index >= 15 is 0 Å². The Morgan fingerprint density at radius 1 is 1.37 bits per heavy atom. The van der Waals surface area contributed by atoms with Gasteiger partial charge in [0.2, 0.25) is 5.91 Å². The highest BCUT2D eigenvalue weighted by Gasteiger charge is 2.07. The lowest BCUT2D eigenvalue weighted by Gasteiger charge is -2.09. The standard InChI is InChI=1S/C13H16N4O2/c1-17-8-7-12(16-17)14-9-13(18)15-10-5-3-4-6-11(10)19-2/h3-8H,9H2,1-2H3,(H,14,16)(H,15,18). The van der Waals surface area contributed by atoms with Crippen molar-refractivity contribution in [2.45, 2.75) is 0 Å². The Morgan fingerprint density at radius 2 is 2.16 bits per heavy atom. The number of methoxy groups -OCH3 is 1. The van der Waals surface area contributed by atoms with Gasteiger partial charge in [-0.3, -0.25) is 9.48 Å². The van der Waals surface area contributed by atoms with E-state index in [0.717, 1.165) is 0 Å². The molecule has 0 aliphatic rings. The molecule has 6 nitrogen and oxygen atoms in total. The van der Waals surface area contributed by atoms with Crippen molar-refractivity contribution in [3.8, 4) is 5.75 Å². The van der Waals surface area contributed by atoms with Crippen molar-refractivity contribution in [1.82, 2.24) is 9.78 Å². The highest BCUT2D eigenvalue weighted by Crippen LogP contribution is 2.22. The molecular formula is C13H16N4O2. The molecule has 0 saturated carbocycles. The van der Waals surface area contributed by atoms with E-state index in [1.165, 1.54) is 0 Å². The SMILES string of the molecule is COc1ccccc1NC(=O)CNc1ccn(C)n1. The van der Waals surface area contributed by atoms with Crippen molar-refractivity contribution in [2.24, 2.45) is 7.05 Å². The molecule has 0 aliphatic carbocycles. The van der Waals surface area contributed by atoms with Crippen LogP contribution in [0.5, 0.6) is 5.75 Å². The van der Waals surface area contributed by atoms with Gasteiger partial charge in [0, 0.05) is 19.3 Å². The number of carbonyl (C=O) groups is 1. The fourth-order valence-electron chi connectivity index (χ4n) is 1.62. The molecule has 0 radical (unpaired) electrons. The zero-order valence-electron chi connectivity index (χ0n) is 10.9. The molecule has 2 N–H and O–H groups in total. The topological polar surface area (TPSA) is 68.2 Å². The zero-order chi connectivity index (χ0) is 13.7. The van der Waals surface area contributed by atoms with Crippen LogP contribution in [0.4, 0.5) is 11.5 Å². The lowest BCUT2D eigenvalue weighted by Crippen LogP contribution is -2.22. The summed E-state index contributed by atoms with van der Waals surface area (Å²) in [6.07, 6.45) is 1.81. The molecule has 0 saturated heterocycles. The molecule has 6 heteroatoms. The monoisotopic (exact) mass is 260 g/mol. The fraction of sp³-hybridized carbons (Fsp3) is 0.231. The molecule has 0 atom stereocenters. The van der Waals surface area contributed by atoms with E-state index in [4.69, 9.17) is 4.74 Å². The van der Waals surface area contributed by atoms with Crippen LogP contribution in [-0.4, -0.2) is 29.3 Å². The second-order valence-corrected chi connectivity index (χ2v) is 3.98. The molecule has 1 amide bonds. The smallest absolute Gasteiger partial charge is 0.243 e. The first-order chi connectivity index (χ1) is 9.19. The Kier molecular flexibility index (Phi) is 4.02. The molecule has 2 rings (SSSR count). The lowest BCUT2D eigenvalue weighted by atomic mass is 10.3. The zero-order valence-corrected chi connectivity index (χ0v) is 10.9. The number of rotatable bonds is 5. The number of anilines is 2. The molecule has 19 heavy (non-hydrogen) atoms. The van der Waals surface area contributed by atoms with E-state index in [1.54, 1.807) is 36.2 Å². The van der Waals surface area contributed by atoms with Gasteiger partial charge in [-0.25, -0.2) is 0 Å². The van der Waals surface area contributed by atoms with Crippen molar-refractivity contribution in [3.63, 3.8) is 0 Å². The minimum Gasteiger partial charge on any atom is -0.495 e. The molecule has 0 spiro atoms. The third kappa shape index (κ3) is 3.48. The van der Waals surface area contributed by atoms with Gasteiger partial charge in [-0.2, -0.15) is 5.10 Å². The van der Waals surface area contributed by atoms with Gasteiger partial charge < -0.3 is 15.4 Å². The normalized spacial score (nSPS) is 10.0. The molecule has 1 heterocycles.